The van der Waals surface area contributed by atoms with Gasteiger partial charge >= 0.3 is 5.97 Å². The number of anilines is 1. The van der Waals surface area contributed by atoms with Gasteiger partial charge in [-0.05, 0) is 37.8 Å². The lowest BCUT2D eigenvalue weighted by Crippen LogP contribution is -2.38. The Morgan fingerprint density at radius 3 is 2.43 bits per heavy atom. The zero-order chi connectivity index (χ0) is 16.4. The molecular formula is C15H21N3O4S. The lowest BCUT2D eigenvalue weighted by atomic mass is 9.97. The molecule has 3 rings (SSSR count). The quantitative estimate of drug-likeness (QED) is 0.885. The van der Waals surface area contributed by atoms with Gasteiger partial charge < -0.3 is 10.0 Å². The van der Waals surface area contributed by atoms with Crippen molar-refractivity contribution in [1.29, 1.82) is 0 Å². The number of piperidine rings is 1. The summed E-state index contributed by atoms with van der Waals surface area (Å²) in [6, 6.07) is 3.23. The van der Waals surface area contributed by atoms with Crippen LogP contribution in [0.3, 0.4) is 0 Å². The first-order valence-corrected chi connectivity index (χ1v) is 9.37. The molecule has 2 aliphatic rings. The summed E-state index contributed by atoms with van der Waals surface area (Å²) in [5.74, 6) is -0.688. The number of carbonyl (C=O) groups is 1. The molecule has 1 N–H and O–H groups in total. The summed E-state index contributed by atoms with van der Waals surface area (Å²) >= 11 is 0. The first-order valence-electron chi connectivity index (χ1n) is 7.93. The first kappa shape index (κ1) is 16.2. The Kier molecular flexibility index (Phi) is 4.54. The molecule has 23 heavy (non-hydrogen) atoms. The van der Waals surface area contributed by atoms with E-state index < -0.39 is 16.0 Å². The summed E-state index contributed by atoms with van der Waals surface area (Å²) in [6.07, 6.45) is 4.38. The highest BCUT2D eigenvalue weighted by Crippen LogP contribution is 2.30. The molecule has 126 valence electrons. The number of sulfonamides is 1. The molecule has 1 aromatic heterocycles. The van der Waals surface area contributed by atoms with Crippen LogP contribution >= 0.6 is 0 Å². The Hall–Kier alpha value is -1.67. The molecule has 0 aromatic carbocycles. The minimum atomic E-state index is -3.54. The van der Waals surface area contributed by atoms with Gasteiger partial charge in [0.05, 0.1) is 5.92 Å². The number of rotatable bonds is 4. The molecule has 0 spiro atoms. The molecule has 2 saturated heterocycles. The first-order chi connectivity index (χ1) is 11.0. The van der Waals surface area contributed by atoms with Crippen LogP contribution < -0.4 is 4.90 Å². The SMILES string of the molecule is O=C(O)C1CCN(c2ncccc2S(=O)(=O)N2CCCC2)CC1. The fourth-order valence-electron chi connectivity index (χ4n) is 3.23. The minimum Gasteiger partial charge on any atom is -0.481 e. The Balaban J connectivity index is 1.86. The largest absolute Gasteiger partial charge is 0.481 e. The van der Waals surface area contributed by atoms with Crippen molar-refractivity contribution < 1.29 is 18.3 Å². The van der Waals surface area contributed by atoms with E-state index in [1.165, 1.54) is 4.31 Å². The van der Waals surface area contributed by atoms with Gasteiger partial charge in [-0.25, -0.2) is 13.4 Å². The standard InChI is InChI=1S/C15H21N3O4S/c19-15(20)12-5-10-17(11-6-12)14-13(4-3-7-16-14)23(21,22)18-8-1-2-9-18/h3-4,7,12H,1-2,5-6,8-11H2,(H,19,20). The Morgan fingerprint density at radius 1 is 1.17 bits per heavy atom. The number of pyridine rings is 1. The Morgan fingerprint density at radius 2 is 1.83 bits per heavy atom. The average Bonchev–Trinajstić information content (AvgIpc) is 3.10. The van der Waals surface area contributed by atoms with E-state index in [0.29, 0.717) is 44.8 Å². The van der Waals surface area contributed by atoms with Crippen molar-refractivity contribution in [3.05, 3.63) is 18.3 Å². The van der Waals surface area contributed by atoms with Crippen molar-refractivity contribution in [3.63, 3.8) is 0 Å². The lowest BCUT2D eigenvalue weighted by Gasteiger charge is -2.32. The fraction of sp³-hybridized carbons (Fsp3) is 0.600. The van der Waals surface area contributed by atoms with Gasteiger partial charge in [0.25, 0.3) is 0 Å². The van der Waals surface area contributed by atoms with Crippen LogP contribution in [0.1, 0.15) is 25.7 Å². The molecule has 2 aliphatic heterocycles. The number of carboxylic acids is 1. The highest BCUT2D eigenvalue weighted by molar-refractivity contribution is 7.89. The number of nitrogens with zero attached hydrogens (tertiary/aromatic N) is 3. The minimum absolute atomic E-state index is 0.232. The van der Waals surface area contributed by atoms with E-state index in [2.05, 4.69) is 4.98 Å². The van der Waals surface area contributed by atoms with Gasteiger partial charge in [-0.15, -0.1) is 0 Å². The monoisotopic (exact) mass is 339 g/mol. The second-order valence-electron chi connectivity index (χ2n) is 6.04. The molecule has 0 amide bonds. The summed E-state index contributed by atoms with van der Waals surface area (Å²) in [6.45, 7) is 2.13. The molecule has 0 radical (unpaired) electrons. The van der Waals surface area contributed by atoms with Crippen LogP contribution in [0.5, 0.6) is 0 Å². The van der Waals surface area contributed by atoms with Crippen molar-refractivity contribution >= 4 is 21.8 Å². The number of carboxylic acid groups (broad SMARTS) is 1. The summed E-state index contributed by atoms with van der Waals surface area (Å²) in [5.41, 5.74) is 0. The lowest BCUT2D eigenvalue weighted by molar-refractivity contribution is -0.142. The maximum absolute atomic E-state index is 12.8. The summed E-state index contributed by atoms with van der Waals surface area (Å²) in [4.78, 5) is 17.5. The van der Waals surface area contributed by atoms with E-state index in [9.17, 15) is 13.2 Å². The van der Waals surface area contributed by atoms with Crippen molar-refractivity contribution in [2.24, 2.45) is 5.92 Å². The van der Waals surface area contributed by atoms with E-state index >= 15 is 0 Å². The number of aromatic nitrogens is 1. The molecule has 0 unspecified atom stereocenters. The summed E-state index contributed by atoms with van der Waals surface area (Å²) < 4.78 is 27.2. The van der Waals surface area contributed by atoms with Crippen LogP contribution in [-0.2, 0) is 14.8 Å². The van der Waals surface area contributed by atoms with Crippen LogP contribution in [0.4, 0.5) is 5.82 Å². The highest BCUT2D eigenvalue weighted by atomic mass is 32.2. The zero-order valence-electron chi connectivity index (χ0n) is 12.9. The third kappa shape index (κ3) is 3.18. The third-order valence-corrected chi connectivity index (χ3v) is 6.50. The van der Waals surface area contributed by atoms with Crippen molar-refractivity contribution in [1.82, 2.24) is 9.29 Å². The van der Waals surface area contributed by atoms with Gasteiger partial charge in [0.2, 0.25) is 10.0 Å². The Labute approximate surface area is 136 Å². The van der Waals surface area contributed by atoms with E-state index in [1.807, 2.05) is 4.90 Å². The van der Waals surface area contributed by atoms with Crippen LogP contribution in [0.25, 0.3) is 0 Å². The molecule has 0 aliphatic carbocycles. The predicted molar refractivity (Wildman–Crippen MR) is 84.8 cm³/mol. The van der Waals surface area contributed by atoms with Crippen LogP contribution in [-0.4, -0.2) is 55.0 Å². The van der Waals surface area contributed by atoms with Crippen LogP contribution in [0.2, 0.25) is 0 Å². The van der Waals surface area contributed by atoms with Crippen molar-refractivity contribution in [3.8, 4) is 0 Å². The van der Waals surface area contributed by atoms with Crippen LogP contribution in [0, 0.1) is 5.92 Å². The molecule has 0 saturated carbocycles. The van der Waals surface area contributed by atoms with E-state index in [1.54, 1.807) is 18.3 Å². The van der Waals surface area contributed by atoms with Gasteiger partial charge in [0.15, 0.2) is 0 Å². The number of hydrogen-bond acceptors (Lipinski definition) is 5. The predicted octanol–water partition coefficient (Wildman–Crippen LogP) is 1.17. The molecule has 0 atom stereocenters. The molecular weight excluding hydrogens is 318 g/mol. The summed E-state index contributed by atoms with van der Waals surface area (Å²) in [5, 5.41) is 9.09. The van der Waals surface area contributed by atoms with Gasteiger partial charge in [-0.1, -0.05) is 0 Å². The maximum Gasteiger partial charge on any atom is 0.306 e. The topological polar surface area (TPSA) is 90.8 Å². The van der Waals surface area contributed by atoms with Gasteiger partial charge in [0, 0.05) is 32.4 Å². The van der Waals surface area contributed by atoms with Gasteiger partial charge in [0.1, 0.15) is 10.7 Å². The smallest absolute Gasteiger partial charge is 0.306 e. The maximum atomic E-state index is 12.8. The van der Waals surface area contributed by atoms with Crippen molar-refractivity contribution in [2.75, 3.05) is 31.1 Å². The van der Waals surface area contributed by atoms with E-state index in [0.717, 1.165) is 12.8 Å². The van der Waals surface area contributed by atoms with Gasteiger partial charge in [-0.2, -0.15) is 4.31 Å². The normalized spacial score (nSPS) is 20.8. The second-order valence-corrected chi connectivity index (χ2v) is 7.94. The third-order valence-electron chi connectivity index (χ3n) is 4.58. The van der Waals surface area contributed by atoms with Gasteiger partial charge in [-0.3, -0.25) is 4.79 Å². The Bertz CT molecular complexity index is 678. The highest BCUT2D eigenvalue weighted by Gasteiger charge is 2.33. The molecule has 7 nitrogen and oxygen atoms in total. The molecule has 2 fully saturated rings. The zero-order valence-corrected chi connectivity index (χ0v) is 13.7. The summed E-state index contributed by atoms with van der Waals surface area (Å²) in [7, 11) is -3.54. The fourth-order valence-corrected chi connectivity index (χ4v) is 4.91. The molecule has 0 bridgehead atoms. The molecule has 3 heterocycles. The number of aliphatic carboxylic acids is 1. The van der Waals surface area contributed by atoms with E-state index in [-0.39, 0.29) is 10.8 Å². The average molecular weight is 339 g/mol. The second kappa shape index (κ2) is 6.45. The van der Waals surface area contributed by atoms with Crippen LogP contribution in [0.15, 0.2) is 23.2 Å². The van der Waals surface area contributed by atoms with E-state index in [4.69, 9.17) is 5.11 Å². The van der Waals surface area contributed by atoms with Crippen molar-refractivity contribution in [2.45, 2.75) is 30.6 Å². The molecule has 8 heteroatoms. The number of hydrogen-bond donors (Lipinski definition) is 1. The molecule has 1 aromatic rings.